The van der Waals surface area contributed by atoms with E-state index in [1.807, 2.05) is 0 Å². The van der Waals surface area contributed by atoms with Crippen molar-refractivity contribution in [2.75, 3.05) is 26.2 Å². The number of hydrogen-bond acceptors (Lipinski definition) is 2. The quantitative estimate of drug-likeness (QED) is 0.842. The van der Waals surface area contributed by atoms with E-state index in [2.05, 4.69) is 46.6 Å². The Labute approximate surface area is 122 Å². The lowest BCUT2D eigenvalue weighted by atomic mass is 10.1. The average molecular weight is 270 g/mol. The molecule has 1 fully saturated rings. The molecule has 0 radical (unpaired) electrons. The minimum absolute atomic E-state index is 0.497. The molecule has 2 heteroatoms. The zero-order valence-electron chi connectivity index (χ0n) is 12.4. The second-order valence-corrected chi connectivity index (χ2v) is 6.08. The molecular weight excluding hydrogens is 244 g/mol. The summed E-state index contributed by atoms with van der Waals surface area (Å²) >= 11 is 0. The third kappa shape index (κ3) is 3.71. The maximum absolute atomic E-state index is 3.70. The van der Waals surface area contributed by atoms with Crippen molar-refractivity contribution in [3.8, 4) is 0 Å². The highest BCUT2D eigenvalue weighted by Crippen LogP contribution is 2.22. The lowest BCUT2D eigenvalue weighted by Crippen LogP contribution is -2.32. The van der Waals surface area contributed by atoms with E-state index in [0.29, 0.717) is 6.04 Å². The summed E-state index contributed by atoms with van der Waals surface area (Å²) in [5, 5.41) is 3.70. The molecule has 1 aromatic carbocycles. The van der Waals surface area contributed by atoms with Crippen molar-refractivity contribution in [2.45, 2.75) is 38.1 Å². The van der Waals surface area contributed by atoms with Gasteiger partial charge in [0, 0.05) is 19.1 Å². The van der Waals surface area contributed by atoms with Gasteiger partial charge in [0.1, 0.15) is 0 Å². The molecule has 1 unspecified atom stereocenters. The van der Waals surface area contributed by atoms with Crippen LogP contribution in [0.2, 0.25) is 0 Å². The first-order valence-electron chi connectivity index (χ1n) is 8.10. The van der Waals surface area contributed by atoms with Gasteiger partial charge < -0.3 is 10.2 Å². The van der Waals surface area contributed by atoms with Gasteiger partial charge in [0.2, 0.25) is 0 Å². The van der Waals surface area contributed by atoms with Gasteiger partial charge in [-0.3, -0.25) is 0 Å². The zero-order valence-corrected chi connectivity index (χ0v) is 12.4. The monoisotopic (exact) mass is 270 g/mol. The molecule has 1 N–H and O–H groups in total. The molecule has 2 aliphatic rings. The van der Waals surface area contributed by atoms with Gasteiger partial charge in [-0.25, -0.2) is 0 Å². The Balaban J connectivity index is 1.57. The Hall–Kier alpha value is -1.12. The Kier molecular flexibility index (Phi) is 4.88. The van der Waals surface area contributed by atoms with Crippen LogP contribution in [0.3, 0.4) is 0 Å². The summed E-state index contributed by atoms with van der Waals surface area (Å²) in [5.74, 6) is 0. The fourth-order valence-corrected chi connectivity index (χ4v) is 3.37. The largest absolute Gasteiger partial charge is 0.309 e. The third-order valence-corrected chi connectivity index (χ3v) is 4.57. The Morgan fingerprint density at radius 1 is 1.15 bits per heavy atom. The Morgan fingerprint density at radius 3 is 2.85 bits per heavy atom. The number of allylic oxidation sites excluding steroid dienone is 1. The molecule has 1 aliphatic heterocycles. The first-order valence-corrected chi connectivity index (χ1v) is 8.10. The summed E-state index contributed by atoms with van der Waals surface area (Å²) in [5.41, 5.74) is 3.12. The van der Waals surface area contributed by atoms with E-state index < -0.39 is 0 Å². The van der Waals surface area contributed by atoms with Crippen molar-refractivity contribution >= 4 is 0 Å². The zero-order chi connectivity index (χ0) is 13.6. The van der Waals surface area contributed by atoms with E-state index in [4.69, 9.17) is 0 Å². The topological polar surface area (TPSA) is 15.3 Å². The van der Waals surface area contributed by atoms with Crippen LogP contribution in [0.1, 0.15) is 43.7 Å². The van der Waals surface area contributed by atoms with Crippen molar-refractivity contribution in [3.63, 3.8) is 0 Å². The maximum Gasteiger partial charge on any atom is 0.0449 e. The summed E-state index contributed by atoms with van der Waals surface area (Å²) in [4.78, 5) is 2.65. The third-order valence-electron chi connectivity index (χ3n) is 4.57. The van der Waals surface area contributed by atoms with E-state index in [1.54, 1.807) is 5.57 Å². The molecule has 1 heterocycles. The van der Waals surface area contributed by atoms with Crippen LogP contribution >= 0.6 is 0 Å². The molecule has 0 saturated carbocycles. The summed E-state index contributed by atoms with van der Waals surface area (Å²) in [6.45, 7) is 4.76. The van der Waals surface area contributed by atoms with Crippen molar-refractivity contribution in [3.05, 3.63) is 47.5 Å². The van der Waals surface area contributed by atoms with Crippen LogP contribution in [-0.2, 0) is 0 Å². The fourth-order valence-electron chi connectivity index (χ4n) is 3.37. The summed E-state index contributed by atoms with van der Waals surface area (Å²) in [6.07, 6.45) is 9.04. The number of benzene rings is 1. The fraction of sp³-hybridized carbons (Fsp3) is 0.556. The van der Waals surface area contributed by atoms with Gasteiger partial charge in [0.25, 0.3) is 0 Å². The highest BCUT2D eigenvalue weighted by Gasteiger charge is 2.19. The Morgan fingerprint density at radius 2 is 2.05 bits per heavy atom. The number of nitrogens with one attached hydrogen (secondary N) is 1. The van der Waals surface area contributed by atoms with Crippen LogP contribution < -0.4 is 5.32 Å². The van der Waals surface area contributed by atoms with Gasteiger partial charge in [-0.15, -0.1) is 0 Å². The molecule has 2 nitrogen and oxygen atoms in total. The van der Waals surface area contributed by atoms with E-state index in [1.165, 1.54) is 50.8 Å². The number of nitrogens with zero attached hydrogens (tertiary/aromatic N) is 1. The van der Waals surface area contributed by atoms with E-state index in [9.17, 15) is 0 Å². The van der Waals surface area contributed by atoms with Crippen molar-refractivity contribution in [1.29, 1.82) is 0 Å². The summed E-state index contributed by atoms with van der Waals surface area (Å²) < 4.78 is 0. The predicted octanol–water partition coefficient (Wildman–Crippen LogP) is 3.52. The molecule has 1 saturated heterocycles. The molecule has 0 aromatic heterocycles. The van der Waals surface area contributed by atoms with Gasteiger partial charge in [0.15, 0.2) is 0 Å². The normalized spacial score (nSPS) is 24.4. The SMILES string of the molecule is C1=C(CCN2CCCNC(c3ccccc3)C2)CCC1. The Bertz CT molecular complexity index is 438. The van der Waals surface area contributed by atoms with Crippen LogP contribution in [-0.4, -0.2) is 31.1 Å². The van der Waals surface area contributed by atoms with Crippen LogP contribution in [0.5, 0.6) is 0 Å². The molecular formula is C18H26N2. The first kappa shape index (κ1) is 13.8. The van der Waals surface area contributed by atoms with Crippen molar-refractivity contribution in [2.24, 2.45) is 0 Å². The van der Waals surface area contributed by atoms with Crippen LogP contribution in [0.4, 0.5) is 0 Å². The molecule has 0 amide bonds. The van der Waals surface area contributed by atoms with Crippen LogP contribution in [0, 0.1) is 0 Å². The minimum atomic E-state index is 0.497. The van der Waals surface area contributed by atoms with E-state index in [0.717, 1.165) is 13.1 Å². The molecule has 1 aliphatic carbocycles. The van der Waals surface area contributed by atoms with E-state index in [-0.39, 0.29) is 0 Å². The first-order chi connectivity index (χ1) is 9.92. The highest BCUT2D eigenvalue weighted by atomic mass is 15.2. The van der Waals surface area contributed by atoms with Gasteiger partial charge in [-0.2, -0.15) is 0 Å². The minimum Gasteiger partial charge on any atom is -0.309 e. The molecule has 20 heavy (non-hydrogen) atoms. The van der Waals surface area contributed by atoms with Crippen LogP contribution in [0.15, 0.2) is 42.0 Å². The van der Waals surface area contributed by atoms with Gasteiger partial charge in [-0.05, 0) is 50.8 Å². The number of hydrogen-bond donors (Lipinski definition) is 1. The highest BCUT2D eigenvalue weighted by molar-refractivity contribution is 5.19. The molecule has 1 atom stereocenters. The molecule has 1 aromatic rings. The molecule has 0 bridgehead atoms. The lowest BCUT2D eigenvalue weighted by Gasteiger charge is -2.25. The van der Waals surface area contributed by atoms with Gasteiger partial charge in [-0.1, -0.05) is 42.0 Å². The molecule has 3 rings (SSSR count). The summed E-state index contributed by atoms with van der Waals surface area (Å²) in [7, 11) is 0. The molecule has 0 spiro atoms. The van der Waals surface area contributed by atoms with E-state index >= 15 is 0 Å². The average Bonchev–Trinajstić information content (AvgIpc) is 2.90. The second-order valence-electron chi connectivity index (χ2n) is 6.08. The predicted molar refractivity (Wildman–Crippen MR) is 84.8 cm³/mol. The number of rotatable bonds is 4. The summed E-state index contributed by atoms with van der Waals surface area (Å²) in [6, 6.07) is 11.4. The standard InChI is InChI=1S/C18H26N2/c1-2-9-17(10-3-1)18-15-20(13-6-12-19-18)14-11-16-7-4-5-8-16/h1-3,7,9-10,18-19H,4-6,8,11-15H2. The van der Waals surface area contributed by atoms with Gasteiger partial charge >= 0.3 is 0 Å². The molecule has 108 valence electrons. The van der Waals surface area contributed by atoms with Gasteiger partial charge in [0.05, 0.1) is 0 Å². The van der Waals surface area contributed by atoms with Crippen LogP contribution in [0.25, 0.3) is 0 Å². The van der Waals surface area contributed by atoms with Crippen molar-refractivity contribution in [1.82, 2.24) is 10.2 Å². The second kappa shape index (κ2) is 7.05. The smallest absolute Gasteiger partial charge is 0.0449 e. The lowest BCUT2D eigenvalue weighted by molar-refractivity contribution is 0.271. The maximum atomic E-state index is 3.70. The van der Waals surface area contributed by atoms with Crippen molar-refractivity contribution < 1.29 is 0 Å².